The first kappa shape index (κ1) is 11.7. The molecule has 1 heterocycles. The molecule has 0 saturated carbocycles. The Kier molecular flexibility index (Phi) is 2.92. The van der Waals surface area contributed by atoms with Gasteiger partial charge in [-0.05, 0) is 11.1 Å². The predicted octanol–water partition coefficient (Wildman–Crippen LogP) is 3.30. The maximum Gasteiger partial charge on any atom is 0.337 e. The van der Waals surface area contributed by atoms with Gasteiger partial charge in [-0.25, -0.2) is 4.79 Å². The Morgan fingerprint density at radius 1 is 0.895 bits per heavy atom. The van der Waals surface area contributed by atoms with Crippen LogP contribution in [0.3, 0.4) is 0 Å². The largest absolute Gasteiger partial charge is 0.453 e. The molecular weight excluding hydrogens is 236 g/mol. The van der Waals surface area contributed by atoms with E-state index in [0.29, 0.717) is 5.57 Å². The molecule has 0 aliphatic carbocycles. The lowest BCUT2D eigenvalue weighted by molar-refractivity contribution is -0.156. The van der Waals surface area contributed by atoms with Gasteiger partial charge in [0.2, 0.25) is 0 Å². The van der Waals surface area contributed by atoms with Gasteiger partial charge in [0.05, 0.1) is 11.5 Å². The third-order valence-corrected chi connectivity index (χ3v) is 3.46. The summed E-state index contributed by atoms with van der Waals surface area (Å²) in [6, 6.07) is 20.1. The maximum atomic E-state index is 11.3. The molecule has 19 heavy (non-hydrogen) atoms. The Bertz CT molecular complexity index is 562. The minimum absolute atomic E-state index is 0.0209. The normalized spacial score (nSPS) is 18.1. The highest BCUT2D eigenvalue weighted by Crippen LogP contribution is 2.38. The number of rotatable bonds is 3. The highest BCUT2D eigenvalue weighted by Gasteiger charge is 2.41. The van der Waals surface area contributed by atoms with E-state index in [-0.39, 0.29) is 18.0 Å². The Hall–Kier alpha value is -2.35. The molecule has 2 nitrogen and oxygen atoms in total. The molecule has 0 N–H and O–H groups in total. The van der Waals surface area contributed by atoms with Crippen LogP contribution >= 0.6 is 0 Å². The number of benzene rings is 2. The number of ether oxygens (including phenoxy) is 1. The van der Waals surface area contributed by atoms with Crippen LogP contribution in [0.5, 0.6) is 0 Å². The Labute approximate surface area is 112 Å². The van der Waals surface area contributed by atoms with Crippen LogP contribution in [0.2, 0.25) is 0 Å². The zero-order valence-corrected chi connectivity index (χ0v) is 10.5. The Balaban J connectivity index is 2.02. The zero-order chi connectivity index (χ0) is 13.2. The van der Waals surface area contributed by atoms with Gasteiger partial charge in [0.15, 0.2) is 0 Å². The number of cyclic esters (lactones) is 1. The van der Waals surface area contributed by atoms with E-state index < -0.39 is 0 Å². The summed E-state index contributed by atoms with van der Waals surface area (Å²) in [6.45, 7) is 3.82. The first-order chi connectivity index (χ1) is 9.27. The van der Waals surface area contributed by atoms with E-state index in [4.69, 9.17) is 4.74 Å². The molecule has 1 unspecified atom stereocenters. The molecule has 1 fully saturated rings. The average molecular weight is 250 g/mol. The lowest BCUT2D eigenvalue weighted by Gasteiger charge is -2.35. The van der Waals surface area contributed by atoms with Crippen molar-refractivity contribution in [2.75, 3.05) is 0 Å². The van der Waals surface area contributed by atoms with E-state index in [1.165, 1.54) is 0 Å². The molecule has 94 valence electrons. The second-order valence-corrected chi connectivity index (χ2v) is 4.65. The molecule has 0 radical (unpaired) electrons. The first-order valence-electron chi connectivity index (χ1n) is 6.27. The molecule has 1 aliphatic heterocycles. The fourth-order valence-corrected chi connectivity index (χ4v) is 2.45. The third kappa shape index (κ3) is 2.06. The molecule has 2 heteroatoms. The van der Waals surface area contributed by atoms with Crippen LogP contribution in [0.1, 0.15) is 17.0 Å². The van der Waals surface area contributed by atoms with Crippen LogP contribution < -0.4 is 0 Å². The van der Waals surface area contributed by atoms with E-state index in [1.807, 2.05) is 36.4 Å². The summed E-state index contributed by atoms with van der Waals surface area (Å²) in [5.41, 5.74) is 2.82. The zero-order valence-electron chi connectivity index (χ0n) is 10.5. The molecular formula is C17H14O2. The highest BCUT2D eigenvalue weighted by molar-refractivity contribution is 5.95. The fourth-order valence-electron chi connectivity index (χ4n) is 2.45. The first-order valence-corrected chi connectivity index (χ1v) is 6.27. The van der Waals surface area contributed by atoms with Crippen molar-refractivity contribution in [3.63, 3.8) is 0 Å². The second-order valence-electron chi connectivity index (χ2n) is 4.65. The smallest absolute Gasteiger partial charge is 0.337 e. The molecule has 3 rings (SSSR count). The summed E-state index contributed by atoms with van der Waals surface area (Å²) in [7, 11) is 0. The van der Waals surface area contributed by atoms with Gasteiger partial charge in [0.1, 0.15) is 6.10 Å². The third-order valence-electron chi connectivity index (χ3n) is 3.46. The van der Waals surface area contributed by atoms with Crippen molar-refractivity contribution in [2.24, 2.45) is 0 Å². The lowest BCUT2D eigenvalue weighted by atomic mass is 9.81. The minimum atomic E-state index is -0.290. The summed E-state index contributed by atoms with van der Waals surface area (Å²) in [5.74, 6) is -0.269. The summed E-state index contributed by atoms with van der Waals surface area (Å²) < 4.78 is 5.28. The molecule has 2 aromatic rings. The minimum Gasteiger partial charge on any atom is -0.453 e. The van der Waals surface area contributed by atoms with Crippen molar-refractivity contribution in [1.82, 2.24) is 0 Å². The molecule has 0 aromatic heterocycles. The van der Waals surface area contributed by atoms with Crippen LogP contribution in [0.25, 0.3) is 0 Å². The number of hydrogen-bond donors (Lipinski definition) is 0. The fraction of sp³-hybridized carbons (Fsp3) is 0.118. The van der Waals surface area contributed by atoms with Crippen molar-refractivity contribution < 1.29 is 9.53 Å². The molecule has 1 aliphatic rings. The number of esters is 1. The molecule has 1 saturated heterocycles. The van der Waals surface area contributed by atoms with Gasteiger partial charge in [-0.1, -0.05) is 67.2 Å². The monoisotopic (exact) mass is 250 g/mol. The molecule has 2 aromatic carbocycles. The van der Waals surface area contributed by atoms with Crippen molar-refractivity contribution in [2.45, 2.75) is 12.0 Å². The Morgan fingerprint density at radius 2 is 1.37 bits per heavy atom. The van der Waals surface area contributed by atoms with Crippen molar-refractivity contribution in [3.05, 3.63) is 83.9 Å². The predicted molar refractivity (Wildman–Crippen MR) is 73.7 cm³/mol. The summed E-state index contributed by atoms with van der Waals surface area (Å²) in [6.07, 6.45) is -0.253. The average Bonchev–Trinajstić information content (AvgIpc) is 2.49. The standard InChI is InChI=1S/C17H14O2/c1-12-16(19-17(12)18)15(13-8-4-2-5-9-13)14-10-6-3-7-11-14/h2-11,15-16H,1H2. The van der Waals surface area contributed by atoms with Gasteiger partial charge in [0.25, 0.3) is 0 Å². The van der Waals surface area contributed by atoms with Gasteiger partial charge in [-0.15, -0.1) is 0 Å². The van der Waals surface area contributed by atoms with Gasteiger partial charge < -0.3 is 4.74 Å². The van der Waals surface area contributed by atoms with Crippen LogP contribution in [0.4, 0.5) is 0 Å². The van der Waals surface area contributed by atoms with E-state index >= 15 is 0 Å². The second kappa shape index (κ2) is 4.73. The van der Waals surface area contributed by atoms with E-state index in [1.54, 1.807) is 0 Å². The summed E-state index contributed by atoms with van der Waals surface area (Å²) >= 11 is 0. The molecule has 0 amide bonds. The molecule has 0 spiro atoms. The lowest BCUT2D eigenvalue weighted by Crippen LogP contribution is -2.41. The van der Waals surface area contributed by atoms with Crippen LogP contribution in [0.15, 0.2) is 72.8 Å². The van der Waals surface area contributed by atoms with Gasteiger partial charge >= 0.3 is 5.97 Å². The molecule has 0 bridgehead atoms. The summed E-state index contributed by atoms with van der Waals surface area (Å²) in [4.78, 5) is 11.3. The topological polar surface area (TPSA) is 26.3 Å². The number of carbonyl (C=O) groups is 1. The van der Waals surface area contributed by atoms with Crippen LogP contribution in [0, 0.1) is 0 Å². The van der Waals surface area contributed by atoms with E-state index in [9.17, 15) is 4.79 Å². The van der Waals surface area contributed by atoms with Gasteiger partial charge in [-0.3, -0.25) is 0 Å². The summed E-state index contributed by atoms with van der Waals surface area (Å²) in [5, 5.41) is 0. The quantitative estimate of drug-likeness (QED) is 0.617. The van der Waals surface area contributed by atoms with Gasteiger partial charge in [0, 0.05) is 0 Å². The van der Waals surface area contributed by atoms with Crippen molar-refractivity contribution >= 4 is 5.97 Å². The van der Waals surface area contributed by atoms with E-state index in [2.05, 4.69) is 30.8 Å². The molecule has 1 atom stereocenters. The number of carbonyl (C=O) groups excluding carboxylic acids is 1. The maximum absolute atomic E-state index is 11.3. The van der Waals surface area contributed by atoms with Crippen LogP contribution in [-0.2, 0) is 9.53 Å². The van der Waals surface area contributed by atoms with Gasteiger partial charge in [-0.2, -0.15) is 0 Å². The highest BCUT2D eigenvalue weighted by atomic mass is 16.6. The Morgan fingerprint density at radius 3 is 1.74 bits per heavy atom. The van der Waals surface area contributed by atoms with Crippen molar-refractivity contribution in [1.29, 1.82) is 0 Å². The van der Waals surface area contributed by atoms with E-state index in [0.717, 1.165) is 11.1 Å². The SMILES string of the molecule is C=C1C(=O)OC1C(c1ccccc1)c1ccccc1. The number of hydrogen-bond acceptors (Lipinski definition) is 2. The van der Waals surface area contributed by atoms with Crippen molar-refractivity contribution in [3.8, 4) is 0 Å². The van der Waals surface area contributed by atoms with Crippen LogP contribution in [-0.4, -0.2) is 12.1 Å².